The van der Waals surface area contributed by atoms with Crippen molar-refractivity contribution in [1.29, 1.82) is 0 Å². The van der Waals surface area contributed by atoms with Gasteiger partial charge in [0.15, 0.2) is 15.5 Å². The molecule has 0 N–H and O–H groups in total. The van der Waals surface area contributed by atoms with Crippen LogP contribution in [0.5, 0.6) is 0 Å². The molecule has 0 radical (unpaired) electrons. The van der Waals surface area contributed by atoms with Crippen LogP contribution >= 0.6 is 11.6 Å². The molecule has 10 nitrogen and oxygen atoms in total. The van der Waals surface area contributed by atoms with Crippen molar-refractivity contribution < 1.29 is 22.0 Å². The largest absolute Gasteiger partial charge is 0.355 e. The van der Waals surface area contributed by atoms with Crippen LogP contribution < -0.4 is 10.6 Å². The van der Waals surface area contributed by atoms with Gasteiger partial charge in [-0.05, 0) is 43.8 Å². The molecular weight excluding hydrogens is 638 g/mol. The topological polar surface area (TPSA) is 109 Å². The van der Waals surface area contributed by atoms with Crippen LogP contribution in [-0.4, -0.2) is 90.7 Å². The van der Waals surface area contributed by atoms with Crippen LogP contribution in [0.15, 0.2) is 64.8 Å². The summed E-state index contributed by atoms with van der Waals surface area (Å²) in [5.41, 5.74) is -0.588. The van der Waals surface area contributed by atoms with Crippen LogP contribution in [0.2, 0.25) is 5.02 Å². The van der Waals surface area contributed by atoms with Gasteiger partial charge in [-0.3, -0.25) is 4.79 Å². The van der Waals surface area contributed by atoms with Gasteiger partial charge < -0.3 is 14.7 Å². The highest BCUT2D eigenvalue weighted by Gasteiger charge is 2.34. The average molecular weight is 669 g/mol. The van der Waals surface area contributed by atoms with Crippen LogP contribution in [-0.2, 0) is 14.6 Å². The van der Waals surface area contributed by atoms with Crippen molar-refractivity contribution in [3.8, 4) is 16.9 Å². The minimum absolute atomic E-state index is 0.0411. The van der Waals surface area contributed by atoms with Crippen LogP contribution in [0.4, 0.5) is 14.6 Å². The monoisotopic (exact) mass is 668 g/mol. The molecule has 0 saturated carbocycles. The van der Waals surface area contributed by atoms with Gasteiger partial charge in [0.1, 0.15) is 23.1 Å². The number of benzene rings is 2. The van der Waals surface area contributed by atoms with E-state index < -0.39 is 27.2 Å². The van der Waals surface area contributed by atoms with Gasteiger partial charge in [-0.15, -0.1) is 0 Å². The number of carbonyl (C=O) groups excluding carboxylic acids is 1. The molecule has 14 heteroatoms. The Labute approximate surface area is 269 Å². The first-order valence-corrected chi connectivity index (χ1v) is 16.8. The quantitative estimate of drug-likeness (QED) is 0.284. The van der Waals surface area contributed by atoms with E-state index in [-0.39, 0.29) is 68.1 Å². The predicted molar refractivity (Wildman–Crippen MR) is 172 cm³/mol. The maximum Gasteiger partial charge on any atom is 0.355 e. The Kier molecular flexibility index (Phi) is 8.20. The molecule has 2 aromatic carbocycles. The van der Waals surface area contributed by atoms with Crippen molar-refractivity contribution >= 4 is 44.2 Å². The van der Waals surface area contributed by atoms with Gasteiger partial charge in [0.2, 0.25) is 5.91 Å². The maximum atomic E-state index is 16.0. The van der Waals surface area contributed by atoms with Crippen molar-refractivity contribution in [2.45, 2.75) is 23.8 Å². The summed E-state index contributed by atoms with van der Waals surface area (Å²) in [6.07, 6.45) is 2.28. The van der Waals surface area contributed by atoms with E-state index in [2.05, 4.69) is 21.4 Å². The fourth-order valence-corrected chi connectivity index (χ4v) is 7.41. The molecule has 240 valence electrons. The van der Waals surface area contributed by atoms with E-state index in [1.54, 1.807) is 21.9 Å². The number of likely N-dealkylation sites (N-methyl/N-ethyl adjacent to an activating group) is 1. The number of piperazine rings is 1. The molecule has 0 unspecified atom stereocenters. The van der Waals surface area contributed by atoms with E-state index in [1.165, 1.54) is 24.3 Å². The summed E-state index contributed by atoms with van der Waals surface area (Å²) in [5.74, 6) is -1.85. The van der Waals surface area contributed by atoms with Gasteiger partial charge in [0.25, 0.3) is 0 Å². The minimum Gasteiger partial charge on any atom is -0.350 e. The SMILES string of the molecule is C=CC(=O)N1CCN(c2nc(=O)n(-c3c(C4CN(C)C4)cccc3S(C)(=O)=O)c3nc(-c4cccc(F)c4Cl)c(F)cc23)[C@@H](C)C1. The van der Waals surface area contributed by atoms with Gasteiger partial charge in [0.05, 0.1) is 21.0 Å². The summed E-state index contributed by atoms with van der Waals surface area (Å²) in [5, 5.41) is -0.230. The Hall–Kier alpha value is -4.20. The zero-order valence-electron chi connectivity index (χ0n) is 25.4. The number of fused-ring (bicyclic) bond motifs is 1. The van der Waals surface area contributed by atoms with Crippen molar-refractivity contribution in [3.63, 3.8) is 0 Å². The number of hydrogen-bond donors (Lipinski definition) is 0. The molecule has 2 aliphatic heterocycles. The highest BCUT2D eigenvalue weighted by Crippen LogP contribution is 2.38. The summed E-state index contributed by atoms with van der Waals surface area (Å²) in [6, 6.07) is 9.52. The molecule has 1 amide bonds. The number of para-hydroxylation sites is 1. The molecule has 4 heterocycles. The lowest BCUT2D eigenvalue weighted by Crippen LogP contribution is -2.54. The van der Waals surface area contributed by atoms with E-state index in [1.807, 2.05) is 14.0 Å². The van der Waals surface area contributed by atoms with Gasteiger partial charge in [-0.1, -0.05) is 42.4 Å². The second-order valence-corrected chi connectivity index (χ2v) is 14.1. The predicted octanol–water partition coefficient (Wildman–Crippen LogP) is 4.03. The standard InChI is InChI=1S/C32H31ClF2N6O4S/c1-5-26(42)39-12-13-40(18(2)15-39)30-22-14-24(35)28(21-9-6-10-23(34)27(21)33)36-31(22)41(32(43)37-30)29-20(19-16-38(3)17-19)8-7-11-25(29)46(4,44)45/h5-11,14,18-19H,1,12-13,15-17H2,2-4H3/t18-/m0/s1. The number of anilines is 1. The molecule has 1 atom stereocenters. The van der Waals surface area contributed by atoms with Gasteiger partial charge in [-0.25, -0.2) is 31.5 Å². The number of aromatic nitrogens is 3. The second kappa shape index (κ2) is 11.9. The van der Waals surface area contributed by atoms with E-state index in [4.69, 9.17) is 11.6 Å². The van der Waals surface area contributed by atoms with Gasteiger partial charge in [-0.2, -0.15) is 4.98 Å². The normalized spacial score (nSPS) is 17.7. The molecule has 6 rings (SSSR count). The molecule has 2 aliphatic rings. The summed E-state index contributed by atoms with van der Waals surface area (Å²) in [4.78, 5) is 40.9. The molecular formula is C32H31ClF2N6O4S. The first-order chi connectivity index (χ1) is 21.8. The molecule has 2 saturated heterocycles. The molecule has 0 aliphatic carbocycles. The van der Waals surface area contributed by atoms with Crippen molar-refractivity contribution in [3.05, 3.63) is 87.8 Å². The number of nitrogens with zero attached hydrogens (tertiary/aromatic N) is 6. The van der Waals surface area contributed by atoms with Crippen LogP contribution in [0.25, 0.3) is 28.0 Å². The Morgan fingerprint density at radius 3 is 2.43 bits per heavy atom. The number of likely N-dealkylation sites (tertiary alicyclic amines) is 1. The highest BCUT2D eigenvalue weighted by atomic mass is 35.5. The summed E-state index contributed by atoms with van der Waals surface area (Å²) in [7, 11) is -1.96. The molecule has 4 aromatic rings. The third-order valence-electron chi connectivity index (χ3n) is 8.55. The van der Waals surface area contributed by atoms with Crippen LogP contribution in [0.3, 0.4) is 0 Å². The summed E-state index contributed by atoms with van der Waals surface area (Å²) >= 11 is 6.26. The lowest BCUT2D eigenvalue weighted by Gasteiger charge is -2.40. The fraction of sp³-hybridized carbons (Fsp3) is 0.312. The Morgan fingerprint density at radius 2 is 1.78 bits per heavy atom. The smallest absolute Gasteiger partial charge is 0.350 e. The summed E-state index contributed by atoms with van der Waals surface area (Å²) in [6.45, 7) is 7.49. The van der Waals surface area contributed by atoms with E-state index in [9.17, 15) is 22.4 Å². The average Bonchev–Trinajstić information content (AvgIpc) is 2.99. The third kappa shape index (κ3) is 5.46. The summed E-state index contributed by atoms with van der Waals surface area (Å²) < 4.78 is 58.0. The zero-order chi connectivity index (χ0) is 33.1. The highest BCUT2D eigenvalue weighted by molar-refractivity contribution is 7.90. The van der Waals surface area contributed by atoms with E-state index in [0.29, 0.717) is 31.7 Å². The molecule has 46 heavy (non-hydrogen) atoms. The molecule has 0 bridgehead atoms. The third-order valence-corrected chi connectivity index (χ3v) is 10.1. The Balaban J connectivity index is 1.68. The number of rotatable bonds is 6. The first kappa shape index (κ1) is 31.8. The number of sulfone groups is 1. The van der Waals surface area contributed by atoms with E-state index >= 15 is 4.39 Å². The molecule has 0 spiro atoms. The van der Waals surface area contributed by atoms with Crippen LogP contribution in [0.1, 0.15) is 18.4 Å². The Morgan fingerprint density at radius 1 is 1.07 bits per heavy atom. The van der Waals surface area contributed by atoms with Crippen LogP contribution in [0, 0.1) is 11.6 Å². The second-order valence-electron chi connectivity index (χ2n) is 11.8. The fourth-order valence-electron chi connectivity index (χ4n) is 6.31. The number of amides is 1. The lowest BCUT2D eigenvalue weighted by atomic mass is 9.90. The van der Waals surface area contributed by atoms with Gasteiger partial charge >= 0.3 is 5.69 Å². The maximum absolute atomic E-state index is 16.0. The molecule has 2 aromatic heterocycles. The van der Waals surface area contributed by atoms with Crippen molar-refractivity contribution in [2.75, 3.05) is 50.9 Å². The van der Waals surface area contributed by atoms with Gasteiger partial charge in [0, 0.05) is 56.5 Å². The minimum atomic E-state index is -3.89. The number of pyridine rings is 1. The molecule has 2 fully saturated rings. The van der Waals surface area contributed by atoms with Crippen molar-refractivity contribution in [2.24, 2.45) is 0 Å². The number of carbonyl (C=O) groups is 1. The Bertz CT molecular complexity index is 2080. The number of hydrogen-bond acceptors (Lipinski definition) is 8. The zero-order valence-corrected chi connectivity index (χ0v) is 26.9. The van der Waals surface area contributed by atoms with Crippen molar-refractivity contribution in [1.82, 2.24) is 24.3 Å². The lowest BCUT2D eigenvalue weighted by molar-refractivity contribution is -0.126. The van der Waals surface area contributed by atoms with E-state index in [0.717, 1.165) is 23.0 Å². The first-order valence-electron chi connectivity index (χ1n) is 14.6. The number of halogens is 3.